The lowest BCUT2D eigenvalue weighted by Crippen LogP contribution is -2.42. The van der Waals surface area contributed by atoms with E-state index in [9.17, 15) is 13.2 Å². The number of carbonyl (C=O) groups is 1. The van der Waals surface area contributed by atoms with Crippen molar-refractivity contribution in [2.45, 2.75) is 57.0 Å². The molecule has 0 bridgehead atoms. The zero-order chi connectivity index (χ0) is 29.6. The van der Waals surface area contributed by atoms with E-state index in [4.69, 9.17) is 13.9 Å². The number of aromatic amines is 1. The summed E-state index contributed by atoms with van der Waals surface area (Å²) in [4.78, 5) is 12.7. The van der Waals surface area contributed by atoms with E-state index in [2.05, 4.69) is 49.4 Å². The molecule has 0 saturated heterocycles. The first-order valence-electron chi connectivity index (χ1n) is 13.0. The smallest absolute Gasteiger partial charge is 0.271 e. The molecule has 1 heterocycles. The number of carbonyl (C=O) groups excluding carboxylic acids is 1. The maximum Gasteiger partial charge on any atom is 0.271 e. The number of H-pyrrole nitrogens is 1. The van der Waals surface area contributed by atoms with Gasteiger partial charge in [-0.15, -0.1) is 0 Å². The van der Waals surface area contributed by atoms with Gasteiger partial charge in [0.1, 0.15) is 11.5 Å². The molecule has 2 N–H and O–H groups in total. The third-order valence-electron chi connectivity index (χ3n) is 7.10. The lowest BCUT2D eigenvalue weighted by atomic mass is 10.2. The molecule has 0 saturated carbocycles. The van der Waals surface area contributed by atoms with Crippen LogP contribution < -0.4 is 14.8 Å². The molecule has 0 aliphatic heterocycles. The number of nitrogens with one attached hydrogen (secondary N) is 2. The Kier molecular flexibility index (Phi) is 10.2. The van der Waals surface area contributed by atoms with Gasteiger partial charge in [0.25, 0.3) is 15.9 Å². The van der Waals surface area contributed by atoms with Gasteiger partial charge in [0.15, 0.2) is 19.0 Å². The molecule has 0 fully saturated rings. The summed E-state index contributed by atoms with van der Waals surface area (Å²) in [5.41, 5.74) is 1.54. The van der Waals surface area contributed by atoms with Crippen LogP contribution in [0.2, 0.25) is 18.1 Å². The van der Waals surface area contributed by atoms with E-state index in [1.807, 2.05) is 24.3 Å². The molecule has 3 rings (SSSR count). The minimum absolute atomic E-state index is 0.0141. The summed E-state index contributed by atoms with van der Waals surface area (Å²) in [6.45, 7) is 11.6. The van der Waals surface area contributed by atoms with Crippen molar-refractivity contribution < 1.29 is 27.1 Å². The van der Waals surface area contributed by atoms with Crippen LogP contribution in [0.1, 0.15) is 42.4 Å². The van der Waals surface area contributed by atoms with E-state index >= 15 is 0 Å². The SMILES string of the molecule is COc1ccc(CN(Cc2ccc(OC)cc2)S(=O)(=O)c2cc(C(=O)NCCO[Si](C)(C)C(C)(C)C)n[nH]2)cc1. The van der Waals surface area contributed by atoms with E-state index in [1.54, 1.807) is 38.5 Å². The van der Waals surface area contributed by atoms with Crippen molar-refractivity contribution in [3.63, 3.8) is 0 Å². The molecule has 0 atom stereocenters. The van der Waals surface area contributed by atoms with Crippen LogP contribution >= 0.6 is 0 Å². The van der Waals surface area contributed by atoms with Crippen LogP contribution in [0.15, 0.2) is 59.6 Å². The summed E-state index contributed by atoms with van der Waals surface area (Å²) in [5, 5.41) is 9.18. The number of amides is 1. The highest BCUT2D eigenvalue weighted by atomic mass is 32.2. The molecule has 0 aliphatic rings. The molecule has 12 heteroatoms. The molecule has 40 heavy (non-hydrogen) atoms. The lowest BCUT2D eigenvalue weighted by Gasteiger charge is -2.36. The van der Waals surface area contributed by atoms with E-state index in [1.165, 1.54) is 10.4 Å². The number of nitrogens with zero attached hydrogens (tertiary/aromatic N) is 2. The van der Waals surface area contributed by atoms with E-state index in [-0.39, 0.29) is 28.8 Å². The molecule has 1 amide bonds. The second-order valence-electron chi connectivity index (χ2n) is 11.0. The topological polar surface area (TPSA) is 123 Å². The molecule has 2 aromatic carbocycles. The highest BCUT2D eigenvalue weighted by molar-refractivity contribution is 7.89. The van der Waals surface area contributed by atoms with Crippen LogP contribution in [0.4, 0.5) is 0 Å². The van der Waals surface area contributed by atoms with Gasteiger partial charge in [-0.3, -0.25) is 9.89 Å². The maximum absolute atomic E-state index is 13.7. The normalized spacial score (nSPS) is 12.4. The summed E-state index contributed by atoms with van der Waals surface area (Å²) < 4.78 is 45.4. The largest absolute Gasteiger partial charge is 0.497 e. The van der Waals surface area contributed by atoms with E-state index in [0.717, 1.165) is 11.1 Å². The van der Waals surface area contributed by atoms with Crippen molar-refractivity contribution in [2.24, 2.45) is 0 Å². The number of methoxy groups -OCH3 is 2. The molecule has 218 valence electrons. The fraction of sp³-hybridized carbons (Fsp3) is 0.429. The molecule has 0 spiro atoms. The van der Waals surface area contributed by atoms with Gasteiger partial charge in [-0.05, 0) is 53.5 Å². The van der Waals surface area contributed by atoms with Crippen LogP contribution in [0.5, 0.6) is 11.5 Å². The Morgan fingerprint density at radius 1 is 0.950 bits per heavy atom. The molecule has 10 nitrogen and oxygen atoms in total. The van der Waals surface area contributed by atoms with Crippen LogP contribution in [0, 0.1) is 0 Å². The van der Waals surface area contributed by atoms with Gasteiger partial charge in [-0.1, -0.05) is 45.0 Å². The molecular weight excluding hydrogens is 548 g/mol. The summed E-state index contributed by atoms with van der Waals surface area (Å²) in [5.74, 6) is 0.868. The van der Waals surface area contributed by atoms with Crippen molar-refractivity contribution >= 4 is 24.2 Å². The summed E-state index contributed by atoms with van der Waals surface area (Å²) in [7, 11) is -2.84. The van der Waals surface area contributed by atoms with Gasteiger partial charge in [0.2, 0.25) is 0 Å². The van der Waals surface area contributed by atoms with Gasteiger partial charge < -0.3 is 19.2 Å². The first kappa shape index (κ1) is 31.3. The van der Waals surface area contributed by atoms with Crippen molar-refractivity contribution in [1.82, 2.24) is 19.8 Å². The van der Waals surface area contributed by atoms with Crippen LogP contribution in [-0.2, 0) is 27.5 Å². The number of aromatic nitrogens is 2. The standard InChI is InChI=1S/C28H40N4O6SSi/c1-28(2,3)40(6,7)38-17-16-29-27(33)25-18-26(31-30-25)39(34,35)32(19-21-8-12-23(36-4)13-9-21)20-22-10-14-24(37-5)15-11-22/h8-15,18H,16-17,19-20H2,1-7H3,(H,29,33)(H,30,31). The predicted octanol–water partition coefficient (Wildman–Crippen LogP) is 4.57. The minimum atomic E-state index is -4.05. The van der Waals surface area contributed by atoms with Gasteiger partial charge in [0, 0.05) is 25.7 Å². The number of benzene rings is 2. The predicted molar refractivity (Wildman–Crippen MR) is 156 cm³/mol. The number of sulfonamides is 1. The summed E-state index contributed by atoms with van der Waals surface area (Å²) in [6, 6.07) is 15.6. The van der Waals surface area contributed by atoms with Gasteiger partial charge in [-0.25, -0.2) is 8.42 Å². The highest BCUT2D eigenvalue weighted by Gasteiger charge is 2.37. The second kappa shape index (κ2) is 13.0. The average molecular weight is 589 g/mol. The third-order valence-corrected chi connectivity index (χ3v) is 13.3. The molecule has 1 aromatic heterocycles. The fourth-order valence-corrected chi connectivity index (χ4v) is 5.95. The Morgan fingerprint density at radius 2 is 1.45 bits per heavy atom. The monoisotopic (exact) mass is 588 g/mol. The molecule has 3 aromatic rings. The first-order chi connectivity index (χ1) is 18.8. The Balaban J connectivity index is 1.75. The van der Waals surface area contributed by atoms with Crippen molar-refractivity contribution in [1.29, 1.82) is 0 Å². The fourth-order valence-electron chi connectivity index (χ4n) is 3.56. The summed E-state index contributed by atoms with van der Waals surface area (Å²) in [6.07, 6.45) is 0. The zero-order valence-corrected chi connectivity index (χ0v) is 26.1. The first-order valence-corrected chi connectivity index (χ1v) is 17.4. The number of ether oxygens (including phenoxy) is 2. The number of rotatable bonds is 13. The Hall–Kier alpha value is -3.19. The van der Waals surface area contributed by atoms with Crippen molar-refractivity contribution in [2.75, 3.05) is 27.4 Å². The molecule has 0 aliphatic carbocycles. The quantitative estimate of drug-likeness (QED) is 0.222. The molecule has 0 unspecified atom stereocenters. The van der Waals surface area contributed by atoms with Crippen molar-refractivity contribution in [3.8, 4) is 11.5 Å². The van der Waals surface area contributed by atoms with Crippen molar-refractivity contribution in [3.05, 3.63) is 71.4 Å². The van der Waals surface area contributed by atoms with Gasteiger partial charge in [0.05, 0.1) is 20.8 Å². The number of hydrogen-bond acceptors (Lipinski definition) is 7. The average Bonchev–Trinajstić information content (AvgIpc) is 3.42. The molecule has 0 radical (unpaired) electrons. The third kappa shape index (κ3) is 7.93. The Labute approximate surface area is 238 Å². The number of hydrogen-bond donors (Lipinski definition) is 2. The van der Waals surface area contributed by atoms with Gasteiger partial charge >= 0.3 is 0 Å². The maximum atomic E-state index is 13.7. The lowest BCUT2D eigenvalue weighted by molar-refractivity contribution is 0.0940. The highest BCUT2D eigenvalue weighted by Crippen LogP contribution is 2.36. The van der Waals surface area contributed by atoms with Gasteiger partial charge in [-0.2, -0.15) is 9.40 Å². The second-order valence-corrected chi connectivity index (χ2v) is 17.7. The van der Waals surface area contributed by atoms with E-state index < -0.39 is 24.2 Å². The van der Waals surface area contributed by atoms with Crippen LogP contribution in [-0.4, -0.2) is 64.5 Å². The Morgan fingerprint density at radius 3 is 1.90 bits per heavy atom. The van der Waals surface area contributed by atoms with Crippen LogP contribution in [0.25, 0.3) is 0 Å². The zero-order valence-electron chi connectivity index (χ0n) is 24.3. The Bertz CT molecular complexity index is 1320. The molecular formula is C28H40N4O6SSi. The van der Waals surface area contributed by atoms with Crippen LogP contribution in [0.3, 0.4) is 0 Å². The minimum Gasteiger partial charge on any atom is -0.497 e. The van der Waals surface area contributed by atoms with E-state index in [0.29, 0.717) is 24.7 Å². The summed E-state index contributed by atoms with van der Waals surface area (Å²) >= 11 is 0.